The highest BCUT2D eigenvalue weighted by atomic mass is 16.3. The standard InChI is InChI=1S/C43H26N2O/c1-3-10-27(11-4-1)33-24-36(28-12-5-2-6-13-28)44-41(26-33)45-37-16-9-14-29-18-19-31-22-32(25-38(45)43(31)42(29)37)30-20-21-40-35(23-30)34-15-7-8-17-39(34)46-40/h1-26H. The molecule has 214 valence electrons. The average Bonchev–Trinajstić information content (AvgIpc) is 3.67. The zero-order valence-electron chi connectivity index (χ0n) is 24.8. The molecule has 3 nitrogen and oxygen atoms in total. The van der Waals surface area contributed by atoms with Crippen LogP contribution < -0.4 is 0 Å². The van der Waals surface area contributed by atoms with E-state index in [1.807, 2.05) is 12.1 Å². The zero-order valence-corrected chi connectivity index (χ0v) is 24.8. The van der Waals surface area contributed by atoms with Crippen LogP contribution in [0.3, 0.4) is 0 Å². The number of hydrogen-bond donors (Lipinski definition) is 0. The molecular weight excluding hydrogens is 560 g/mol. The van der Waals surface area contributed by atoms with Gasteiger partial charge >= 0.3 is 0 Å². The van der Waals surface area contributed by atoms with Crippen molar-refractivity contribution < 1.29 is 4.42 Å². The molecule has 0 aliphatic carbocycles. The van der Waals surface area contributed by atoms with E-state index in [0.717, 1.165) is 72.3 Å². The van der Waals surface area contributed by atoms with Gasteiger partial charge in [0.15, 0.2) is 0 Å². The van der Waals surface area contributed by atoms with Crippen LogP contribution in [0.4, 0.5) is 0 Å². The number of nitrogens with zero attached hydrogens (tertiary/aromatic N) is 2. The lowest BCUT2D eigenvalue weighted by Crippen LogP contribution is -2.00. The molecule has 0 saturated heterocycles. The topological polar surface area (TPSA) is 31.0 Å². The van der Waals surface area contributed by atoms with Crippen LogP contribution in [-0.2, 0) is 0 Å². The second kappa shape index (κ2) is 9.65. The lowest BCUT2D eigenvalue weighted by molar-refractivity contribution is 0.669. The smallest absolute Gasteiger partial charge is 0.138 e. The van der Waals surface area contributed by atoms with E-state index < -0.39 is 0 Å². The quantitative estimate of drug-likeness (QED) is 0.192. The molecule has 0 spiro atoms. The van der Waals surface area contributed by atoms with E-state index in [1.54, 1.807) is 0 Å². The average molecular weight is 587 g/mol. The summed E-state index contributed by atoms with van der Waals surface area (Å²) in [4.78, 5) is 5.35. The van der Waals surface area contributed by atoms with Crippen LogP contribution in [0, 0.1) is 0 Å². The maximum atomic E-state index is 6.15. The van der Waals surface area contributed by atoms with Crippen molar-refractivity contribution in [2.45, 2.75) is 0 Å². The van der Waals surface area contributed by atoms with Crippen molar-refractivity contribution in [1.82, 2.24) is 9.55 Å². The van der Waals surface area contributed by atoms with Gasteiger partial charge in [0, 0.05) is 27.1 Å². The molecule has 0 amide bonds. The minimum Gasteiger partial charge on any atom is -0.456 e. The Labute approximate surface area is 264 Å². The van der Waals surface area contributed by atoms with E-state index in [9.17, 15) is 0 Å². The zero-order chi connectivity index (χ0) is 30.2. The number of aromatic nitrogens is 2. The highest BCUT2D eigenvalue weighted by Crippen LogP contribution is 2.42. The van der Waals surface area contributed by atoms with Crippen molar-refractivity contribution in [2.75, 3.05) is 0 Å². The first-order valence-corrected chi connectivity index (χ1v) is 15.6. The third-order valence-corrected chi connectivity index (χ3v) is 9.32. The monoisotopic (exact) mass is 586 g/mol. The Morgan fingerprint density at radius 2 is 1.13 bits per heavy atom. The van der Waals surface area contributed by atoms with Crippen molar-refractivity contribution >= 4 is 54.5 Å². The van der Waals surface area contributed by atoms with Crippen molar-refractivity contribution in [3.8, 4) is 39.3 Å². The predicted molar refractivity (Wildman–Crippen MR) is 191 cm³/mol. The molecule has 7 aromatic carbocycles. The molecule has 0 unspecified atom stereocenters. The lowest BCUT2D eigenvalue weighted by Gasteiger charge is -2.13. The van der Waals surface area contributed by atoms with Crippen LogP contribution in [0.25, 0.3) is 93.8 Å². The van der Waals surface area contributed by atoms with Crippen LogP contribution in [0.1, 0.15) is 0 Å². The molecule has 3 heteroatoms. The Hall–Kier alpha value is -6.19. The number of furan rings is 1. The fourth-order valence-corrected chi connectivity index (χ4v) is 7.20. The minimum absolute atomic E-state index is 0.902. The van der Waals surface area contributed by atoms with Crippen molar-refractivity contribution in [1.29, 1.82) is 0 Å². The molecule has 0 aliphatic heterocycles. The third-order valence-electron chi connectivity index (χ3n) is 9.32. The minimum atomic E-state index is 0.902. The predicted octanol–water partition coefficient (Wildman–Crippen LogP) is 11.7. The lowest BCUT2D eigenvalue weighted by atomic mass is 9.96. The van der Waals surface area contributed by atoms with E-state index in [2.05, 4.69) is 150 Å². The first-order chi connectivity index (χ1) is 22.8. The molecule has 3 heterocycles. The fraction of sp³-hybridized carbons (Fsp3) is 0. The van der Waals surface area contributed by atoms with Crippen LogP contribution in [0.15, 0.2) is 162 Å². The van der Waals surface area contributed by atoms with Crippen molar-refractivity contribution in [3.05, 3.63) is 158 Å². The molecule has 0 saturated carbocycles. The summed E-state index contributed by atoms with van der Waals surface area (Å²) >= 11 is 0. The van der Waals surface area contributed by atoms with Gasteiger partial charge in [-0.05, 0) is 81.6 Å². The molecule has 0 bridgehead atoms. The van der Waals surface area contributed by atoms with Gasteiger partial charge < -0.3 is 4.42 Å². The number of benzene rings is 7. The van der Waals surface area contributed by atoms with Crippen molar-refractivity contribution in [3.63, 3.8) is 0 Å². The number of hydrogen-bond acceptors (Lipinski definition) is 2. The SMILES string of the molecule is c1ccc(-c2cc(-c3ccccc3)nc(-n3c4cccc5ccc6cc(-c7ccc8oc9ccccc9c8c7)cc3c6c54)c2)cc1. The summed E-state index contributed by atoms with van der Waals surface area (Å²) in [5, 5.41) is 7.25. The molecule has 0 atom stereocenters. The van der Waals surface area contributed by atoms with Gasteiger partial charge in [0.05, 0.1) is 16.7 Å². The normalized spacial score (nSPS) is 11.9. The summed E-state index contributed by atoms with van der Waals surface area (Å²) in [6, 6.07) is 56.0. The maximum Gasteiger partial charge on any atom is 0.138 e. The largest absolute Gasteiger partial charge is 0.456 e. The Balaban J connectivity index is 1.28. The number of pyridine rings is 1. The summed E-state index contributed by atoms with van der Waals surface area (Å²) in [5.41, 5.74) is 10.8. The first-order valence-electron chi connectivity index (χ1n) is 15.6. The van der Waals surface area contributed by atoms with E-state index in [1.165, 1.54) is 21.5 Å². The molecule has 10 aromatic rings. The maximum absolute atomic E-state index is 6.15. The van der Waals surface area contributed by atoms with E-state index in [4.69, 9.17) is 9.40 Å². The highest BCUT2D eigenvalue weighted by molar-refractivity contribution is 6.25. The molecule has 0 N–H and O–H groups in total. The molecule has 3 aromatic heterocycles. The van der Waals surface area contributed by atoms with Gasteiger partial charge in [0.25, 0.3) is 0 Å². The summed E-state index contributed by atoms with van der Waals surface area (Å²) in [6.07, 6.45) is 0. The second-order valence-corrected chi connectivity index (χ2v) is 12.0. The first kappa shape index (κ1) is 25.2. The molecular formula is C43H26N2O. The Morgan fingerprint density at radius 3 is 2.00 bits per heavy atom. The number of fused-ring (bicyclic) bond motifs is 3. The summed E-state index contributed by atoms with van der Waals surface area (Å²) in [6.45, 7) is 0. The number of para-hydroxylation sites is 1. The van der Waals surface area contributed by atoms with Gasteiger partial charge in [-0.25, -0.2) is 4.98 Å². The highest BCUT2D eigenvalue weighted by Gasteiger charge is 2.20. The molecule has 0 radical (unpaired) electrons. The Bertz CT molecular complexity index is 2680. The van der Waals surface area contributed by atoms with Gasteiger partial charge in [-0.1, -0.05) is 109 Å². The van der Waals surface area contributed by atoms with E-state index in [-0.39, 0.29) is 0 Å². The Kier molecular flexibility index (Phi) is 5.28. The van der Waals surface area contributed by atoms with Crippen molar-refractivity contribution in [2.24, 2.45) is 0 Å². The third kappa shape index (κ3) is 3.75. The van der Waals surface area contributed by atoms with Gasteiger partial charge in [-0.15, -0.1) is 0 Å². The van der Waals surface area contributed by atoms with Crippen LogP contribution >= 0.6 is 0 Å². The molecule has 0 fully saturated rings. The molecule has 46 heavy (non-hydrogen) atoms. The van der Waals surface area contributed by atoms with Crippen LogP contribution in [0.2, 0.25) is 0 Å². The number of rotatable bonds is 4. The summed E-state index contributed by atoms with van der Waals surface area (Å²) in [7, 11) is 0. The van der Waals surface area contributed by atoms with Crippen LogP contribution in [-0.4, -0.2) is 9.55 Å². The van der Waals surface area contributed by atoms with E-state index in [0.29, 0.717) is 0 Å². The summed E-state index contributed by atoms with van der Waals surface area (Å²) in [5.74, 6) is 0.902. The fourth-order valence-electron chi connectivity index (χ4n) is 7.20. The van der Waals surface area contributed by atoms with Gasteiger partial charge in [0.1, 0.15) is 17.0 Å². The van der Waals surface area contributed by atoms with Gasteiger partial charge in [0.2, 0.25) is 0 Å². The van der Waals surface area contributed by atoms with E-state index >= 15 is 0 Å². The van der Waals surface area contributed by atoms with Gasteiger partial charge in [-0.3, -0.25) is 4.57 Å². The Morgan fingerprint density at radius 1 is 0.413 bits per heavy atom. The molecule has 10 rings (SSSR count). The molecule has 0 aliphatic rings. The van der Waals surface area contributed by atoms with Crippen LogP contribution in [0.5, 0.6) is 0 Å². The van der Waals surface area contributed by atoms with Gasteiger partial charge in [-0.2, -0.15) is 0 Å². The summed E-state index contributed by atoms with van der Waals surface area (Å²) < 4.78 is 8.51. The second-order valence-electron chi connectivity index (χ2n) is 12.0.